The Morgan fingerprint density at radius 3 is 2.83 bits per heavy atom. The molecule has 24 heavy (non-hydrogen) atoms. The zero-order valence-electron chi connectivity index (χ0n) is 13.4. The lowest BCUT2D eigenvalue weighted by Crippen LogP contribution is -2.24. The zero-order chi connectivity index (χ0) is 16.5. The van der Waals surface area contributed by atoms with E-state index in [9.17, 15) is 4.79 Å². The summed E-state index contributed by atoms with van der Waals surface area (Å²) in [7, 11) is 2.00. The molecule has 0 saturated carbocycles. The number of carbonyl (C=O) groups is 1. The molecule has 0 unspecified atom stereocenters. The molecule has 0 bridgehead atoms. The topological polar surface area (TPSA) is 51.3 Å². The van der Waals surface area contributed by atoms with E-state index >= 15 is 0 Å². The van der Waals surface area contributed by atoms with Gasteiger partial charge in [-0.15, -0.1) is 0 Å². The summed E-state index contributed by atoms with van der Waals surface area (Å²) in [5, 5.41) is 4.09. The Kier molecular flexibility index (Phi) is 3.54. The molecule has 0 aliphatic carbocycles. The Balaban J connectivity index is 1.46. The maximum absolute atomic E-state index is 12.3. The molecule has 120 valence electrons. The van der Waals surface area contributed by atoms with Gasteiger partial charge in [-0.25, -0.2) is 4.98 Å². The number of nitrogens with one attached hydrogen (secondary N) is 1. The van der Waals surface area contributed by atoms with Crippen LogP contribution in [-0.4, -0.2) is 19.9 Å². The maximum atomic E-state index is 12.3. The quantitative estimate of drug-likeness (QED) is 0.629. The van der Waals surface area contributed by atoms with Gasteiger partial charge in [-0.05, 0) is 23.8 Å². The molecule has 0 aliphatic rings. The fourth-order valence-electron chi connectivity index (χ4n) is 3.06. The van der Waals surface area contributed by atoms with Crippen LogP contribution < -0.4 is 5.32 Å². The Morgan fingerprint density at radius 1 is 1.12 bits per heavy atom. The van der Waals surface area contributed by atoms with Crippen LogP contribution in [0.3, 0.4) is 0 Å². The molecule has 0 radical (unpaired) electrons. The van der Waals surface area contributed by atoms with Crippen LogP contribution in [0.4, 0.5) is 0 Å². The molecule has 4 rings (SSSR count). The van der Waals surface area contributed by atoms with E-state index in [1.54, 1.807) is 0 Å². The molecule has 0 fully saturated rings. The number of hydrogen-bond acceptors (Lipinski definition) is 2. The first kappa shape index (κ1) is 14.5. The van der Waals surface area contributed by atoms with Crippen LogP contribution in [0.25, 0.3) is 16.6 Å². The van der Waals surface area contributed by atoms with Crippen LogP contribution in [0.1, 0.15) is 11.3 Å². The Labute approximate surface area is 139 Å². The summed E-state index contributed by atoms with van der Waals surface area (Å²) in [5.41, 5.74) is 3.92. The normalized spacial score (nSPS) is 11.2. The van der Waals surface area contributed by atoms with Gasteiger partial charge >= 0.3 is 0 Å². The van der Waals surface area contributed by atoms with E-state index in [0.29, 0.717) is 13.0 Å². The fourth-order valence-corrected chi connectivity index (χ4v) is 3.06. The Morgan fingerprint density at radius 2 is 1.96 bits per heavy atom. The van der Waals surface area contributed by atoms with Crippen LogP contribution in [-0.2, 0) is 24.8 Å². The van der Waals surface area contributed by atoms with E-state index < -0.39 is 0 Å². The number of fused-ring (bicyclic) bond motifs is 2. The van der Waals surface area contributed by atoms with E-state index in [0.717, 1.165) is 27.8 Å². The van der Waals surface area contributed by atoms with Gasteiger partial charge in [-0.2, -0.15) is 0 Å². The van der Waals surface area contributed by atoms with Crippen LogP contribution in [0.2, 0.25) is 0 Å². The minimum Gasteiger partial charge on any atom is -0.350 e. The molecule has 3 aromatic heterocycles. The van der Waals surface area contributed by atoms with Crippen molar-refractivity contribution >= 4 is 22.5 Å². The highest BCUT2D eigenvalue weighted by Gasteiger charge is 2.11. The summed E-state index contributed by atoms with van der Waals surface area (Å²) in [5.74, 6) is 0.00316. The lowest BCUT2D eigenvalue weighted by atomic mass is 10.1. The van der Waals surface area contributed by atoms with Crippen LogP contribution in [0.15, 0.2) is 61.1 Å². The maximum Gasteiger partial charge on any atom is 0.224 e. The molecule has 0 spiro atoms. The number of nitrogens with zero attached hydrogens (tertiary/aromatic N) is 3. The molecule has 0 atom stereocenters. The highest BCUT2D eigenvalue weighted by molar-refractivity contribution is 5.89. The van der Waals surface area contributed by atoms with E-state index in [1.165, 1.54) is 0 Å². The molecule has 1 aromatic carbocycles. The highest BCUT2D eigenvalue weighted by Crippen LogP contribution is 2.20. The third kappa shape index (κ3) is 2.65. The van der Waals surface area contributed by atoms with Crippen molar-refractivity contribution in [3.63, 3.8) is 0 Å². The minimum absolute atomic E-state index is 0.00316. The molecule has 1 N–H and O–H groups in total. The van der Waals surface area contributed by atoms with Gasteiger partial charge in [0.2, 0.25) is 5.91 Å². The van der Waals surface area contributed by atoms with Gasteiger partial charge < -0.3 is 14.3 Å². The molecule has 3 heterocycles. The number of pyridine rings is 1. The number of para-hydroxylation sites is 1. The Hall–Kier alpha value is -3.08. The SMILES string of the molecule is Cn1cc(CC(=O)NCc2cn3ccccc3n2)c2ccccc21. The number of hydrogen-bond donors (Lipinski definition) is 1. The number of imidazole rings is 1. The number of benzene rings is 1. The van der Waals surface area contributed by atoms with Crippen molar-refractivity contribution in [2.75, 3.05) is 0 Å². The smallest absolute Gasteiger partial charge is 0.224 e. The summed E-state index contributed by atoms with van der Waals surface area (Å²) in [6, 6.07) is 14.0. The first-order chi connectivity index (χ1) is 11.7. The van der Waals surface area contributed by atoms with Gasteiger partial charge in [0.25, 0.3) is 0 Å². The van der Waals surface area contributed by atoms with Crippen LogP contribution in [0.5, 0.6) is 0 Å². The van der Waals surface area contributed by atoms with Crippen molar-refractivity contribution in [1.82, 2.24) is 19.3 Å². The predicted octanol–water partition coefficient (Wildman–Crippen LogP) is 2.68. The molecule has 5 heteroatoms. The molecule has 0 saturated heterocycles. The fraction of sp³-hybridized carbons (Fsp3) is 0.158. The molecule has 4 aromatic rings. The van der Waals surface area contributed by atoms with Gasteiger partial charge in [0, 0.05) is 36.5 Å². The summed E-state index contributed by atoms with van der Waals surface area (Å²) < 4.78 is 4.01. The summed E-state index contributed by atoms with van der Waals surface area (Å²) in [6.45, 7) is 0.436. The molecular formula is C19H18N4O. The second kappa shape index (κ2) is 5.85. The second-order valence-corrected chi connectivity index (χ2v) is 5.93. The summed E-state index contributed by atoms with van der Waals surface area (Å²) >= 11 is 0. The molecule has 5 nitrogen and oxygen atoms in total. The highest BCUT2D eigenvalue weighted by atomic mass is 16.1. The van der Waals surface area contributed by atoms with Crippen molar-refractivity contribution in [3.05, 3.63) is 72.3 Å². The molecular weight excluding hydrogens is 300 g/mol. The number of aryl methyl sites for hydroxylation is 1. The van der Waals surface area contributed by atoms with Gasteiger partial charge in [0.1, 0.15) is 5.65 Å². The first-order valence-corrected chi connectivity index (χ1v) is 7.93. The van der Waals surface area contributed by atoms with Crippen molar-refractivity contribution in [1.29, 1.82) is 0 Å². The number of rotatable bonds is 4. The van der Waals surface area contributed by atoms with Crippen molar-refractivity contribution < 1.29 is 4.79 Å². The van der Waals surface area contributed by atoms with E-state index in [-0.39, 0.29) is 5.91 Å². The zero-order valence-corrected chi connectivity index (χ0v) is 13.4. The average Bonchev–Trinajstić information content (AvgIpc) is 3.15. The average molecular weight is 318 g/mol. The lowest BCUT2D eigenvalue weighted by Gasteiger charge is -2.02. The van der Waals surface area contributed by atoms with Gasteiger partial charge in [0.15, 0.2) is 0 Å². The number of carbonyl (C=O) groups excluding carboxylic acids is 1. The van der Waals surface area contributed by atoms with Gasteiger partial charge in [0.05, 0.1) is 18.7 Å². The predicted molar refractivity (Wildman–Crippen MR) is 93.7 cm³/mol. The lowest BCUT2D eigenvalue weighted by molar-refractivity contribution is -0.120. The Bertz CT molecular complexity index is 995. The summed E-state index contributed by atoms with van der Waals surface area (Å²) in [6.07, 6.45) is 6.28. The van der Waals surface area contributed by atoms with Crippen LogP contribution in [0, 0.1) is 0 Å². The van der Waals surface area contributed by atoms with E-state index in [1.807, 2.05) is 60.4 Å². The largest absolute Gasteiger partial charge is 0.350 e. The van der Waals surface area contributed by atoms with Crippen LogP contribution >= 0.6 is 0 Å². The first-order valence-electron chi connectivity index (χ1n) is 7.93. The monoisotopic (exact) mass is 318 g/mol. The molecule has 1 amide bonds. The van der Waals surface area contributed by atoms with E-state index in [2.05, 4.69) is 27.0 Å². The minimum atomic E-state index is 0.00316. The van der Waals surface area contributed by atoms with E-state index in [4.69, 9.17) is 0 Å². The van der Waals surface area contributed by atoms with Gasteiger partial charge in [-0.3, -0.25) is 4.79 Å². The van der Waals surface area contributed by atoms with Crippen molar-refractivity contribution in [2.45, 2.75) is 13.0 Å². The second-order valence-electron chi connectivity index (χ2n) is 5.93. The number of amides is 1. The van der Waals surface area contributed by atoms with Gasteiger partial charge in [-0.1, -0.05) is 24.3 Å². The summed E-state index contributed by atoms with van der Waals surface area (Å²) in [4.78, 5) is 16.8. The van der Waals surface area contributed by atoms with Crippen molar-refractivity contribution in [2.24, 2.45) is 7.05 Å². The third-order valence-corrected chi connectivity index (χ3v) is 4.21. The van der Waals surface area contributed by atoms with Crippen molar-refractivity contribution in [3.8, 4) is 0 Å². The molecule has 0 aliphatic heterocycles. The standard InChI is InChI=1S/C19H18N4O/c1-22-12-14(16-6-2-3-7-17(16)22)10-19(24)20-11-15-13-23-9-5-4-8-18(23)21-15/h2-9,12-13H,10-11H2,1H3,(H,20,24). The number of aromatic nitrogens is 3. The third-order valence-electron chi connectivity index (χ3n) is 4.21.